The van der Waals surface area contributed by atoms with Crippen LogP contribution in [0.4, 0.5) is 0 Å². The van der Waals surface area contributed by atoms with Crippen LogP contribution >= 0.6 is 0 Å². The molecule has 0 spiro atoms. The molecule has 90 valence electrons. The van der Waals surface area contributed by atoms with Crippen LogP contribution in [0.5, 0.6) is 5.75 Å². The highest BCUT2D eigenvalue weighted by atomic mass is 16.5. The summed E-state index contributed by atoms with van der Waals surface area (Å²) in [6.45, 7) is 8.50. The maximum Gasteiger partial charge on any atom is 0.119 e. The fourth-order valence-corrected chi connectivity index (χ4v) is 1.38. The molecule has 0 amide bonds. The van der Waals surface area contributed by atoms with E-state index in [2.05, 4.69) is 39.8 Å². The van der Waals surface area contributed by atoms with Gasteiger partial charge in [-0.2, -0.15) is 0 Å². The molecule has 0 aliphatic rings. The molecular formula is C14H23NO. The lowest BCUT2D eigenvalue weighted by molar-refractivity contribution is 0.170. The van der Waals surface area contributed by atoms with Crippen molar-refractivity contribution in [2.75, 3.05) is 0 Å². The SMILES string of the molecule is CCC(N)c1ccc(OC(C)C(C)C)cc1. The summed E-state index contributed by atoms with van der Waals surface area (Å²) < 4.78 is 5.80. The first kappa shape index (κ1) is 13.0. The highest BCUT2D eigenvalue weighted by Crippen LogP contribution is 2.20. The van der Waals surface area contributed by atoms with E-state index in [0.29, 0.717) is 5.92 Å². The first-order valence-electron chi connectivity index (χ1n) is 6.06. The Morgan fingerprint density at radius 1 is 1.12 bits per heavy atom. The summed E-state index contributed by atoms with van der Waals surface area (Å²) in [5, 5.41) is 0. The van der Waals surface area contributed by atoms with Crippen LogP contribution in [-0.4, -0.2) is 6.10 Å². The Kier molecular flexibility index (Phi) is 4.81. The van der Waals surface area contributed by atoms with Crippen molar-refractivity contribution in [2.45, 2.75) is 46.3 Å². The molecule has 2 nitrogen and oxygen atoms in total. The van der Waals surface area contributed by atoms with E-state index in [1.165, 1.54) is 5.56 Å². The number of nitrogens with two attached hydrogens (primary N) is 1. The zero-order valence-electron chi connectivity index (χ0n) is 10.7. The number of hydrogen-bond donors (Lipinski definition) is 1. The summed E-state index contributed by atoms with van der Waals surface area (Å²) in [7, 11) is 0. The number of hydrogen-bond acceptors (Lipinski definition) is 2. The smallest absolute Gasteiger partial charge is 0.119 e. The Morgan fingerprint density at radius 2 is 1.69 bits per heavy atom. The van der Waals surface area contributed by atoms with Gasteiger partial charge in [0.25, 0.3) is 0 Å². The van der Waals surface area contributed by atoms with E-state index >= 15 is 0 Å². The van der Waals surface area contributed by atoms with Crippen molar-refractivity contribution in [2.24, 2.45) is 11.7 Å². The van der Waals surface area contributed by atoms with Crippen LogP contribution in [0.3, 0.4) is 0 Å². The second-order valence-corrected chi connectivity index (χ2v) is 4.65. The van der Waals surface area contributed by atoms with Gasteiger partial charge < -0.3 is 10.5 Å². The third-order valence-electron chi connectivity index (χ3n) is 3.01. The van der Waals surface area contributed by atoms with Crippen LogP contribution in [0.15, 0.2) is 24.3 Å². The summed E-state index contributed by atoms with van der Waals surface area (Å²) in [4.78, 5) is 0. The van der Waals surface area contributed by atoms with Gasteiger partial charge in [0.05, 0.1) is 6.10 Å². The quantitative estimate of drug-likeness (QED) is 0.825. The lowest BCUT2D eigenvalue weighted by Crippen LogP contribution is -2.18. The van der Waals surface area contributed by atoms with Crippen molar-refractivity contribution in [1.82, 2.24) is 0 Å². The van der Waals surface area contributed by atoms with Crippen molar-refractivity contribution >= 4 is 0 Å². The average Bonchev–Trinajstić information content (AvgIpc) is 2.28. The van der Waals surface area contributed by atoms with Crippen LogP contribution in [0, 0.1) is 5.92 Å². The van der Waals surface area contributed by atoms with Crippen molar-refractivity contribution < 1.29 is 4.74 Å². The van der Waals surface area contributed by atoms with Gasteiger partial charge in [-0.25, -0.2) is 0 Å². The van der Waals surface area contributed by atoms with E-state index in [4.69, 9.17) is 10.5 Å². The fourth-order valence-electron chi connectivity index (χ4n) is 1.38. The Morgan fingerprint density at radius 3 is 2.12 bits per heavy atom. The van der Waals surface area contributed by atoms with E-state index in [0.717, 1.165) is 12.2 Å². The summed E-state index contributed by atoms with van der Waals surface area (Å²) in [5.74, 6) is 1.45. The van der Waals surface area contributed by atoms with Gasteiger partial charge in [0.2, 0.25) is 0 Å². The van der Waals surface area contributed by atoms with Crippen molar-refractivity contribution in [3.05, 3.63) is 29.8 Å². The average molecular weight is 221 g/mol. The van der Waals surface area contributed by atoms with Gasteiger partial charge >= 0.3 is 0 Å². The molecule has 0 aliphatic carbocycles. The molecule has 1 rings (SSSR count). The molecule has 1 aromatic carbocycles. The Hall–Kier alpha value is -1.02. The Labute approximate surface area is 98.8 Å². The molecule has 0 saturated heterocycles. The zero-order chi connectivity index (χ0) is 12.1. The van der Waals surface area contributed by atoms with Crippen LogP contribution in [0.1, 0.15) is 45.7 Å². The van der Waals surface area contributed by atoms with Gasteiger partial charge in [-0.3, -0.25) is 0 Å². The third kappa shape index (κ3) is 3.53. The molecule has 1 aromatic rings. The number of ether oxygens (including phenoxy) is 1. The van der Waals surface area contributed by atoms with E-state index in [1.807, 2.05) is 12.1 Å². The van der Waals surface area contributed by atoms with Crippen molar-refractivity contribution in [3.63, 3.8) is 0 Å². The fraction of sp³-hybridized carbons (Fsp3) is 0.571. The molecule has 2 N–H and O–H groups in total. The number of benzene rings is 1. The molecule has 0 radical (unpaired) electrons. The highest BCUT2D eigenvalue weighted by Gasteiger charge is 2.09. The molecular weight excluding hydrogens is 198 g/mol. The van der Waals surface area contributed by atoms with Crippen LogP contribution < -0.4 is 10.5 Å². The summed E-state index contributed by atoms with van der Waals surface area (Å²) >= 11 is 0. The lowest BCUT2D eigenvalue weighted by atomic mass is 10.1. The molecule has 0 heterocycles. The molecule has 0 aliphatic heterocycles. The summed E-state index contributed by atoms with van der Waals surface area (Å²) in [5.41, 5.74) is 7.13. The predicted molar refractivity (Wildman–Crippen MR) is 68.6 cm³/mol. The maximum atomic E-state index is 5.95. The van der Waals surface area contributed by atoms with Gasteiger partial charge in [0.15, 0.2) is 0 Å². The summed E-state index contributed by atoms with van der Waals surface area (Å²) in [6.07, 6.45) is 1.20. The molecule has 2 atom stereocenters. The second-order valence-electron chi connectivity index (χ2n) is 4.65. The molecule has 0 fully saturated rings. The minimum atomic E-state index is 0.136. The molecule has 0 saturated carbocycles. The maximum absolute atomic E-state index is 5.95. The Bertz CT molecular complexity index is 305. The molecule has 2 heteroatoms. The van der Waals surface area contributed by atoms with Crippen LogP contribution in [0.25, 0.3) is 0 Å². The normalized spacial score (nSPS) is 14.9. The summed E-state index contributed by atoms with van der Waals surface area (Å²) in [6, 6.07) is 8.25. The van der Waals surface area contributed by atoms with Gasteiger partial charge in [-0.15, -0.1) is 0 Å². The second kappa shape index (κ2) is 5.90. The monoisotopic (exact) mass is 221 g/mol. The molecule has 2 unspecified atom stereocenters. The molecule has 0 bridgehead atoms. The number of rotatable bonds is 5. The minimum Gasteiger partial charge on any atom is -0.490 e. The van der Waals surface area contributed by atoms with Crippen LogP contribution in [0.2, 0.25) is 0 Å². The van der Waals surface area contributed by atoms with Crippen LogP contribution in [-0.2, 0) is 0 Å². The van der Waals surface area contributed by atoms with Crippen molar-refractivity contribution in [1.29, 1.82) is 0 Å². The first-order chi connectivity index (χ1) is 7.54. The van der Waals surface area contributed by atoms with Gasteiger partial charge in [0.1, 0.15) is 5.75 Å². The standard InChI is InChI=1S/C14H23NO/c1-5-14(15)12-6-8-13(9-7-12)16-11(4)10(2)3/h6-11,14H,5,15H2,1-4H3. The van der Waals surface area contributed by atoms with E-state index in [-0.39, 0.29) is 12.1 Å². The zero-order valence-corrected chi connectivity index (χ0v) is 10.7. The lowest BCUT2D eigenvalue weighted by Gasteiger charge is -2.18. The van der Waals surface area contributed by atoms with Gasteiger partial charge in [-0.05, 0) is 37.0 Å². The predicted octanol–water partition coefficient (Wildman–Crippen LogP) is 3.52. The van der Waals surface area contributed by atoms with Gasteiger partial charge in [0, 0.05) is 6.04 Å². The minimum absolute atomic E-state index is 0.136. The third-order valence-corrected chi connectivity index (χ3v) is 3.01. The van der Waals surface area contributed by atoms with Crippen molar-refractivity contribution in [3.8, 4) is 5.75 Å². The Balaban J connectivity index is 2.64. The molecule has 0 aromatic heterocycles. The largest absolute Gasteiger partial charge is 0.490 e. The topological polar surface area (TPSA) is 35.2 Å². The van der Waals surface area contributed by atoms with E-state index in [1.54, 1.807) is 0 Å². The first-order valence-corrected chi connectivity index (χ1v) is 6.06. The molecule has 16 heavy (non-hydrogen) atoms. The highest BCUT2D eigenvalue weighted by molar-refractivity contribution is 5.29. The van der Waals surface area contributed by atoms with E-state index < -0.39 is 0 Å². The van der Waals surface area contributed by atoms with E-state index in [9.17, 15) is 0 Å². The van der Waals surface area contributed by atoms with Gasteiger partial charge in [-0.1, -0.05) is 32.9 Å².